The van der Waals surface area contributed by atoms with Gasteiger partial charge < -0.3 is 9.47 Å². The maximum atomic E-state index is 14.4. The summed E-state index contributed by atoms with van der Waals surface area (Å²) in [6, 6.07) is 24.4. The Bertz CT molecular complexity index is 2120. The molecule has 0 amide bonds. The Morgan fingerprint density at radius 3 is 1.17 bits per heavy atom. The second-order valence-corrected chi connectivity index (χ2v) is 18.3. The molecule has 2 fully saturated rings. The lowest BCUT2D eigenvalue weighted by atomic mass is 9.78. The summed E-state index contributed by atoms with van der Waals surface area (Å²) in [6.07, 6.45) is 23.2. The molecule has 0 atom stereocenters. The number of halogens is 4. The molecule has 0 aliphatic heterocycles. The van der Waals surface area contributed by atoms with Crippen LogP contribution in [0.1, 0.15) is 195 Å². The van der Waals surface area contributed by atoms with Gasteiger partial charge in [0.1, 0.15) is 0 Å². The number of unbranched alkanes of at least 4 members (excludes halogenated alkanes) is 7. The number of aryl methyl sites for hydroxylation is 2. The van der Waals surface area contributed by atoms with Gasteiger partial charge in [0.05, 0.1) is 24.3 Å². The third kappa shape index (κ3) is 16.6. The van der Waals surface area contributed by atoms with E-state index in [9.17, 15) is 17.6 Å². The topological polar surface area (TPSA) is 18.5 Å². The van der Waals surface area contributed by atoms with Crippen LogP contribution in [0.2, 0.25) is 0 Å². The molecule has 4 aromatic carbocycles. The molecule has 0 heterocycles. The quantitative estimate of drug-likeness (QED) is 0.0530. The van der Waals surface area contributed by atoms with Gasteiger partial charge >= 0.3 is 0 Å². The second-order valence-electron chi connectivity index (χ2n) is 18.3. The molecule has 4 aromatic rings. The summed E-state index contributed by atoms with van der Waals surface area (Å²) in [5.74, 6) is 10.0. The molecule has 0 aromatic heterocycles. The fourth-order valence-corrected chi connectivity index (χ4v) is 8.88. The van der Waals surface area contributed by atoms with Crippen LogP contribution in [0.25, 0.3) is 0 Å². The van der Waals surface area contributed by atoms with Gasteiger partial charge in [-0.15, -0.1) is 0 Å². The van der Waals surface area contributed by atoms with Crippen molar-refractivity contribution in [2.75, 3.05) is 13.2 Å². The minimum Gasteiger partial charge on any atom is -0.490 e. The lowest BCUT2D eigenvalue weighted by Crippen LogP contribution is -2.12. The van der Waals surface area contributed by atoms with E-state index in [-0.39, 0.29) is 34.5 Å². The Morgan fingerprint density at radius 2 is 0.785 bits per heavy atom. The molecule has 65 heavy (non-hydrogen) atoms. The molecule has 2 saturated carbocycles. The first-order valence-corrected chi connectivity index (χ1v) is 25.2. The summed E-state index contributed by atoms with van der Waals surface area (Å²) >= 11 is 0. The summed E-state index contributed by atoms with van der Waals surface area (Å²) in [4.78, 5) is 0. The molecule has 0 unspecified atom stereocenters. The van der Waals surface area contributed by atoms with Crippen molar-refractivity contribution in [3.8, 4) is 35.2 Å². The largest absolute Gasteiger partial charge is 0.490 e. The molecule has 2 aliphatic carbocycles. The summed E-state index contributed by atoms with van der Waals surface area (Å²) in [5.41, 5.74) is 5.94. The number of rotatable bonds is 19. The summed E-state index contributed by atoms with van der Waals surface area (Å²) in [6.45, 7) is 9.32. The Kier molecular flexibility index (Phi) is 22.4. The zero-order valence-corrected chi connectivity index (χ0v) is 39.8. The molecule has 2 nitrogen and oxygen atoms in total. The molecule has 0 N–H and O–H groups in total. The van der Waals surface area contributed by atoms with E-state index in [1.165, 1.54) is 104 Å². The average molecular weight is 891 g/mol. The van der Waals surface area contributed by atoms with Crippen molar-refractivity contribution in [3.63, 3.8) is 0 Å². The standard InChI is InChI=1S/C30H38F2O.C29H36F2O/c1-3-5-7-8-9-23-10-15-25(16-11-23)26-17-12-24(13-18-26)14-19-27-20-21-28(30(32)29(27)31)33-22-6-4-2;1-3-5-7-8-22-9-14-24(15-10-22)25-16-11-23(12-17-25)13-18-26-19-20-27(29(31)28(26)30)32-21-6-4-2/h10-11,15-16,20-21,24,26H,3-9,12-13,17-18,22H2,1-2H3;9-10,14-15,19-20,23,25H,3-8,11-12,16-17,21H2,1-2H3/t24-,26-;23-,25-. The highest BCUT2D eigenvalue weighted by molar-refractivity contribution is 5.42. The van der Waals surface area contributed by atoms with Crippen LogP contribution in [0, 0.1) is 58.8 Å². The molecular weight excluding hydrogens is 817 g/mol. The minimum absolute atomic E-state index is 0.0287. The minimum atomic E-state index is -0.935. The predicted molar refractivity (Wildman–Crippen MR) is 261 cm³/mol. The zero-order chi connectivity index (χ0) is 46.2. The predicted octanol–water partition coefficient (Wildman–Crippen LogP) is 16.8. The van der Waals surface area contributed by atoms with E-state index in [0.29, 0.717) is 25.0 Å². The monoisotopic (exact) mass is 891 g/mol. The van der Waals surface area contributed by atoms with E-state index in [0.717, 1.165) is 77.0 Å². The van der Waals surface area contributed by atoms with Gasteiger partial charge in [-0.1, -0.05) is 145 Å². The van der Waals surface area contributed by atoms with Crippen LogP contribution in [0.4, 0.5) is 17.6 Å². The molecule has 0 bridgehead atoms. The highest BCUT2D eigenvalue weighted by Gasteiger charge is 2.23. The van der Waals surface area contributed by atoms with Crippen LogP contribution in [0.3, 0.4) is 0 Å². The van der Waals surface area contributed by atoms with Crippen LogP contribution in [0.15, 0.2) is 72.8 Å². The van der Waals surface area contributed by atoms with Crippen molar-refractivity contribution in [3.05, 3.63) is 129 Å². The normalized spacial score (nSPS) is 18.0. The van der Waals surface area contributed by atoms with E-state index < -0.39 is 23.3 Å². The molecule has 6 heteroatoms. The van der Waals surface area contributed by atoms with E-state index in [1.807, 2.05) is 13.8 Å². The fraction of sp³-hybridized carbons (Fsp3) is 0.525. The van der Waals surface area contributed by atoms with Gasteiger partial charge in [-0.25, -0.2) is 8.78 Å². The molecule has 0 saturated heterocycles. The van der Waals surface area contributed by atoms with Crippen molar-refractivity contribution >= 4 is 0 Å². The van der Waals surface area contributed by atoms with Crippen molar-refractivity contribution < 1.29 is 27.0 Å². The third-order valence-electron chi connectivity index (χ3n) is 13.2. The van der Waals surface area contributed by atoms with E-state index in [1.54, 1.807) is 0 Å². The lowest BCUT2D eigenvalue weighted by molar-refractivity contribution is 0.288. The fourth-order valence-electron chi connectivity index (χ4n) is 8.88. The van der Waals surface area contributed by atoms with Crippen molar-refractivity contribution in [2.24, 2.45) is 11.8 Å². The summed E-state index contributed by atoms with van der Waals surface area (Å²) < 4.78 is 67.9. The number of hydrogen-bond donors (Lipinski definition) is 0. The molecule has 2 aliphatic rings. The maximum Gasteiger partial charge on any atom is 0.201 e. The molecule has 350 valence electrons. The summed E-state index contributed by atoms with van der Waals surface area (Å²) in [5, 5.41) is 0. The van der Waals surface area contributed by atoms with Crippen LogP contribution in [-0.2, 0) is 12.8 Å². The number of benzene rings is 4. The smallest absolute Gasteiger partial charge is 0.201 e. The molecule has 0 spiro atoms. The lowest BCUT2D eigenvalue weighted by Gasteiger charge is -2.26. The van der Waals surface area contributed by atoms with Gasteiger partial charge in [-0.05, 0) is 148 Å². The average Bonchev–Trinajstić information content (AvgIpc) is 3.34. The Hall–Kier alpha value is -4.68. The third-order valence-corrected chi connectivity index (χ3v) is 13.2. The van der Waals surface area contributed by atoms with Crippen LogP contribution in [-0.4, -0.2) is 13.2 Å². The van der Waals surface area contributed by atoms with Gasteiger partial charge in [0.25, 0.3) is 0 Å². The maximum absolute atomic E-state index is 14.4. The first kappa shape index (κ1) is 51.3. The first-order valence-electron chi connectivity index (χ1n) is 25.2. The van der Waals surface area contributed by atoms with Gasteiger partial charge in [0.2, 0.25) is 11.6 Å². The van der Waals surface area contributed by atoms with E-state index in [4.69, 9.17) is 9.47 Å². The number of hydrogen-bond acceptors (Lipinski definition) is 2. The highest BCUT2D eigenvalue weighted by Crippen LogP contribution is 2.37. The van der Waals surface area contributed by atoms with Crippen LogP contribution >= 0.6 is 0 Å². The second kappa shape index (κ2) is 28.4. The number of ether oxygens (including phenoxy) is 2. The zero-order valence-electron chi connectivity index (χ0n) is 39.8. The van der Waals surface area contributed by atoms with Crippen molar-refractivity contribution in [1.82, 2.24) is 0 Å². The van der Waals surface area contributed by atoms with Gasteiger partial charge in [-0.2, -0.15) is 8.78 Å². The Morgan fingerprint density at radius 1 is 0.415 bits per heavy atom. The Balaban J connectivity index is 0.000000244. The molecule has 0 radical (unpaired) electrons. The first-order chi connectivity index (χ1) is 31.7. The van der Waals surface area contributed by atoms with Crippen LogP contribution < -0.4 is 9.47 Å². The highest BCUT2D eigenvalue weighted by atomic mass is 19.2. The van der Waals surface area contributed by atoms with Crippen molar-refractivity contribution in [1.29, 1.82) is 0 Å². The van der Waals surface area contributed by atoms with Gasteiger partial charge in [-0.3, -0.25) is 0 Å². The van der Waals surface area contributed by atoms with Crippen molar-refractivity contribution in [2.45, 2.75) is 174 Å². The van der Waals surface area contributed by atoms with E-state index in [2.05, 4.69) is 86.1 Å². The SMILES string of the molecule is CCCCCCc1ccc([C@H]2CC[C@H](C#Cc3ccc(OCCCC)c(F)c3F)CC2)cc1.CCCCCc1ccc([C@H]2CC[C@H](C#Cc3ccc(OCCCC)c(F)c3F)CC2)cc1. The molecular formula is C59H74F4O2. The van der Waals surface area contributed by atoms with Gasteiger partial charge in [0, 0.05) is 11.8 Å². The van der Waals surface area contributed by atoms with Gasteiger partial charge in [0.15, 0.2) is 23.1 Å². The summed E-state index contributed by atoms with van der Waals surface area (Å²) in [7, 11) is 0. The van der Waals surface area contributed by atoms with E-state index >= 15 is 0 Å². The van der Waals surface area contributed by atoms with Crippen LogP contribution in [0.5, 0.6) is 11.5 Å². The Labute approximate surface area is 389 Å². The molecule has 6 rings (SSSR count).